The Morgan fingerprint density at radius 1 is 1.29 bits per heavy atom. The molecule has 1 aliphatic rings. The lowest BCUT2D eigenvalue weighted by atomic mass is 10.0. The van der Waals surface area contributed by atoms with Gasteiger partial charge in [-0.25, -0.2) is 0 Å². The third-order valence-corrected chi connectivity index (χ3v) is 4.03. The van der Waals surface area contributed by atoms with Crippen LogP contribution in [0, 0.1) is 5.92 Å². The first kappa shape index (κ1) is 12.4. The van der Waals surface area contributed by atoms with Crippen molar-refractivity contribution in [3.63, 3.8) is 0 Å². The van der Waals surface area contributed by atoms with Crippen LogP contribution in [0.1, 0.15) is 46.5 Å². The molecule has 2 heteroatoms. The largest absolute Gasteiger partial charge is 0.311 e. The van der Waals surface area contributed by atoms with Crippen LogP contribution in [0.5, 0.6) is 0 Å². The fourth-order valence-electron chi connectivity index (χ4n) is 1.98. The number of rotatable bonds is 6. The molecule has 1 N–H and O–H groups in total. The van der Waals surface area contributed by atoms with E-state index in [0.717, 1.165) is 18.0 Å². The lowest BCUT2D eigenvalue weighted by Crippen LogP contribution is -2.36. The molecular formula is C12H25NS. The Hall–Kier alpha value is 0.310. The van der Waals surface area contributed by atoms with Gasteiger partial charge in [-0.15, -0.1) is 0 Å². The van der Waals surface area contributed by atoms with E-state index in [-0.39, 0.29) is 0 Å². The molecule has 2 atom stereocenters. The maximum atomic E-state index is 3.73. The zero-order valence-corrected chi connectivity index (χ0v) is 10.7. The summed E-state index contributed by atoms with van der Waals surface area (Å²) in [6.45, 7) is 6.96. The van der Waals surface area contributed by atoms with Gasteiger partial charge in [-0.2, -0.15) is 11.8 Å². The van der Waals surface area contributed by atoms with Gasteiger partial charge >= 0.3 is 0 Å². The fourth-order valence-corrected chi connectivity index (χ4v) is 3.15. The topological polar surface area (TPSA) is 12.0 Å². The maximum Gasteiger partial charge on any atom is 0.0168 e. The zero-order chi connectivity index (χ0) is 10.4. The van der Waals surface area contributed by atoms with E-state index in [0.29, 0.717) is 0 Å². The molecule has 1 fully saturated rings. The van der Waals surface area contributed by atoms with Crippen LogP contribution >= 0.6 is 11.8 Å². The second-order valence-electron chi connectivity index (χ2n) is 4.95. The molecule has 0 saturated carbocycles. The smallest absolute Gasteiger partial charge is 0.0168 e. The molecule has 0 radical (unpaired) electrons. The highest BCUT2D eigenvalue weighted by Crippen LogP contribution is 2.18. The summed E-state index contributed by atoms with van der Waals surface area (Å²) in [6.07, 6.45) is 5.48. The highest BCUT2D eigenvalue weighted by atomic mass is 32.2. The Morgan fingerprint density at radius 3 is 2.64 bits per heavy atom. The van der Waals surface area contributed by atoms with E-state index in [2.05, 4.69) is 37.8 Å². The van der Waals surface area contributed by atoms with E-state index in [9.17, 15) is 0 Å². The molecule has 0 aromatic heterocycles. The van der Waals surface area contributed by atoms with E-state index in [1.54, 1.807) is 0 Å². The molecule has 0 unspecified atom stereocenters. The van der Waals surface area contributed by atoms with Crippen LogP contribution in [0.3, 0.4) is 0 Å². The number of nitrogens with one attached hydrogen (secondary N) is 1. The lowest BCUT2D eigenvalue weighted by Gasteiger charge is -2.18. The molecule has 1 rings (SSSR count). The van der Waals surface area contributed by atoms with Crippen molar-refractivity contribution < 1.29 is 0 Å². The summed E-state index contributed by atoms with van der Waals surface area (Å²) < 4.78 is 0. The first-order valence-electron chi connectivity index (χ1n) is 6.02. The van der Waals surface area contributed by atoms with Crippen molar-refractivity contribution in [2.45, 2.75) is 58.5 Å². The third kappa shape index (κ3) is 5.26. The average Bonchev–Trinajstić information content (AvgIpc) is 2.56. The Kier molecular flexibility index (Phi) is 5.95. The second-order valence-corrected chi connectivity index (χ2v) is 6.10. The highest BCUT2D eigenvalue weighted by Gasteiger charge is 2.16. The summed E-state index contributed by atoms with van der Waals surface area (Å²) in [5, 5.41) is 3.73. The second kappa shape index (κ2) is 6.73. The molecule has 0 aromatic carbocycles. The van der Waals surface area contributed by atoms with Gasteiger partial charge in [0.1, 0.15) is 0 Å². The molecule has 1 heterocycles. The predicted octanol–water partition coefficient (Wildman–Crippen LogP) is 3.30. The van der Waals surface area contributed by atoms with Gasteiger partial charge in [0.15, 0.2) is 0 Å². The van der Waals surface area contributed by atoms with Gasteiger partial charge in [0.2, 0.25) is 0 Å². The average molecular weight is 215 g/mol. The van der Waals surface area contributed by atoms with Crippen LogP contribution in [0.4, 0.5) is 0 Å². The van der Waals surface area contributed by atoms with Crippen molar-refractivity contribution in [1.82, 2.24) is 5.32 Å². The van der Waals surface area contributed by atoms with E-state index >= 15 is 0 Å². The Bertz CT molecular complexity index is 141. The Morgan fingerprint density at radius 2 is 2.07 bits per heavy atom. The van der Waals surface area contributed by atoms with Crippen molar-refractivity contribution >= 4 is 11.8 Å². The SMILES string of the molecule is CC(C)CCC[C@H](C)N[C@H]1CCSC1. The van der Waals surface area contributed by atoms with Crippen LogP contribution < -0.4 is 5.32 Å². The minimum atomic E-state index is 0.720. The lowest BCUT2D eigenvalue weighted by molar-refractivity contribution is 0.421. The van der Waals surface area contributed by atoms with Crippen molar-refractivity contribution in [1.29, 1.82) is 0 Å². The summed E-state index contributed by atoms with van der Waals surface area (Å²) in [7, 11) is 0. The molecule has 0 amide bonds. The minimum Gasteiger partial charge on any atom is -0.311 e. The highest BCUT2D eigenvalue weighted by molar-refractivity contribution is 7.99. The van der Waals surface area contributed by atoms with Gasteiger partial charge in [0.05, 0.1) is 0 Å². The van der Waals surface area contributed by atoms with Gasteiger partial charge in [0.25, 0.3) is 0 Å². The monoisotopic (exact) mass is 215 g/mol. The summed E-state index contributed by atoms with van der Waals surface area (Å²) in [5.74, 6) is 3.55. The first-order chi connectivity index (χ1) is 6.68. The van der Waals surface area contributed by atoms with Gasteiger partial charge in [-0.05, 0) is 31.4 Å². The zero-order valence-electron chi connectivity index (χ0n) is 9.88. The van der Waals surface area contributed by atoms with Crippen LogP contribution in [-0.2, 0) is 0 Å². The summed E-state index contributed by atoms with van der Waals surface area (Å²) in [4.78, 5) is 0. The molecule has 0 bridgehead atoms. The summed E-state index contributed by atoms with van der Waals surface area (Å²) >= 11 is 2.09. The van der Waals surface area contributed by atoms with Crippen molar-refractivity contribution in [2.75, 3.05) is 11.5 Å². The van der Waals surface area contributed by atoms with Gasteiger partial charge in [-0.1, -0.05) is 26.7 Å². The van der Waals surface area contributed by atoms with Crippen molar-refractivity contribution in [3.8, 4) is 0 Å². The van der Waals surface area contributed by atoms with E-state index in [1.807, 2.05) is 0 Å². The van der Waals surface area contributed by atoms with Crippen LogP contribution in [0.25, 0.3) is 0 Å². The van der Waals surface area contributed by atoms with E-state index in [1.165, 1.54) is 37.2 Å². The number of hydrogen-bond acceptors (Lipinski definition) is 2. The van der Waals surface area contributed by atoms with E-state index in [4.69, 9.17) is 0 Å². The standard InChI is InChI=1S/C12H25NS/c1-10(2)5-4-6-11(3)13-12-7-8-14-9-12/h10-13H,4-9H2,1-3H3/t11-,12-/m0/s1. The molecule has 1 nitrogen and oxygen atoms in total. The molecule has 14 heavy (non-hydrogen) atoms. The van der Waals surface area contributed by atoms with Crippen LogP contribution in [0.2, 0.25) is 0 Å². The maximum absolute atomic E-state index is 3.73. The molecule has 84 valence electrons. The minimum absolute atomic E-state index is 0.720. The molecule has 1 saturated heterocycles. The molecule has 0 spiro atoms. The molecule has 1 aliphatic heterocycles. The summed E-state index contributed by atoms with van der Waals surface area (Å²) in [5.41, 5.74) is 0. The van der Waals surface area contributed by atoms with Crippen molar-refractivity contribution in [3.05, 3.63) is 0 Å². The third-order valence-electron chi connectivity index (χ3n) is 2.87. The first-order valence-corrected chi connectivity index (χ1v) is 7.17. The predicted molar refractivity (Wildman–Crippen MR) is 67.0 cm³/mol. The molecular weight excluding hydrogens is 190 g/mol. The fraction of sp³-hybridized carbons (Fsp3) is 1.00. The normalized spacial score (nSPS) is 24.4. The quantitative estimate of drug-likeness (QED) is 0.729. The van der Waals surface area contributed by atoms with Crippen LogP contribution in [0.15, 0.2) is 0 Å². The van der Waals surface area contributed by atoms with E-state index < -0.39 is 0 Å². The number of hydrogen-bond donors (Lipinski definition) is 1. The molecule has 0 aromatic rings. The van der Waals surface area contributed by atoms with Gasteiger partial charge in [-0.3, -0.25) is 0 Å². The van der Waals surface area contributed by atoms with Crippen molar-refractivity contribution in [2.24, 2.45) is 5.92 Å². The van der Waals surface area contributed by atoms with Gasteiger partial charge in [0, 0.05) is 17.8 Å². The Labute approximate surface area is 93.4 Å². The van der Waals surface area contributed by atoms with Crippen LogP contribution in [-0.4, -0.2) is 23.6 Å². The molecule has 0 aliphatic carbocycles. The van der Waals surface area contributed by atoms with Gasteiger partial charge < -0.3 is 5.32 Å². The number of thioether (sulfide) groups is 1. The Balaban J connectivity index is 2.00. The summed E-state index contributed by atoms with van der Waals surface area (Å²) in [6, 6.07) is 1.52.